The molecule has 3 rings (SSSR count). The van der Waals surface area contributed by atoms with Crippen LogP contribution in [0, 0.1) is 13.8 Å². The van der Waals surface area contributed by atoms with Gasteiger partial charge in [-0.1, -0.05) is 17.7 Å². The van der Waals surface area contributed by atoms with E-state index in [2.05, 4.69) is 20.6 Å². The molecular formula is C16H16N4O2. The van der Waals surface area contributed by atoms with E-state index < -0.39 is 0 Å². The number of fused-ring (bicyclic) bond motifs is 1. The zero-order valence-electron chi connectivity index (χ0n) is 12.3. The molecule has 0 spiro atoms. The number of anilines is 2. The van der Waals surface area contributed by atoms with Crippen LogP contribution in [0.15, 0.2) is 41.2 Å². The van der Waals surface area contributed by atoms with E-state index in [1.54, 1.807) is 18.2 Å². The number of aryl methyl sites for hydroxylation is 2. The average Bonchev–Trinajstić information content (AvgIpc) is 2.81. The fraction of sp³-hybridized carbons (Fsp3) is 0.125. The Balaban J connectivity index is 1.76. The normalized spacial score (nSPS) is 10.6. The maximum atomic E-state index is 12.1. The lowest BCUT2D eigenvalue weighted by Crippen LogP contribution is -2.19. The van der Waals surface area contributed by atoms with Crippen molar-refractivity contribution >= 4 is 28.4 Å². The Morgan fingerprint density at radius 2 is 1.73 bits per heavy atom. The second-order valence-electron chi connectivity index (χ2n) is 5.24. The molecule has 0 saturated carbocycles. The van der Waals surface area contributed by atoms with E-state index in [9.17, 15) is 9.59 Å². The molecule has 6 nitrogen and oxygen atoms in total. The van der Waals surface area contributed by atoms with Crippen molar-refractivity contribution in [1.29, 1.82) is 0 Å². The van der Waals surface area contributed by atoms with E-state index >= 15 is 0 Å². The summed E-state index contributed by atoms with van der Waals surface area (Å²) in [6.45, 7) is 3.95. The monoisotopic (exact) mass is 296 g/mol. The zero-order valence-corrected chi connectivity index (χ0v) is 12.3. The largest absolute Gasteiger partial charge is 0.323 e. The second kappa shape index (κ2) is 5.40. The molecule has 1 heterocycles. The molecule has 112 valence electrons. The molecule has 0 bridgehead atoms. The second-order valence-corrected chi connectivity index (χ2v) is 5.24. The lowest BCUT2D eigenvalue weighted by Gasteiger charge is -2.10. The van der Waals surface area contributed by atoms with Crippen molar-refractivity contribution in [2.24, 2.45) is 0 Å². The van der Waals surface area contributed by atoms with Gasteiger partial charge in [-0.05, 0) is 43.7 Å². The number of rotatable bonds is 2. The summed E-state index contributed by atoms with van der Waals surface area (Å²) in [5.74, 6) is 0. The molecule has 0 fully saturated rings. The molecule has 0 atom stereocenters. The van der Waals surface area contributed by atoms with Crippen molar-refractivity contribution in [2.45, 2.75) is 13.8 Å². The highest BCUT2D eigenvalue weighted by atomic mass is 16.2. The van der Waals surface area contributed by atoms with E-state index in [0.717, 1.165) is 16.8 Å². The van der Waals surface area contributed by atoms with E-state index in [4.69, 9.17) is 0 Å². The number of hydrogen-bond donors (Lipinski definition) is 4. The standard InChI is InChI=1S/C16H16N4O2/c1-9-3-5-12(10(2)7-9)18-15(21)17-11-4-6-13-14(8-11)20-16(22)19-13/h3-8H,1-2H3,(H2,17,18,21)(H2,19,20,22). The van der Waals surface area contributed by atoms with E-state index in [1.165, 1.54) is 0 Å². The summed E-state index contributed by atoms with van der Waals surface area (Å²) in [4.78, 5) is 28.6. The first-order chi connectivity index (χ1) is 10.5. The van der Waals surface area contributed by atoms with Crippen LogP contribution in [0.3, 0.4) is 0 Å². The molecule has 0 aliphatic carbocycles. The Morgan fingerprint density at radius 1 is 0.955 bits per heavy atom. The number of carbonyl (C=O) groups is 1. The summed E-state index contributed by atoms with van der Waals surface area (Å²) in [7, 11) is 0. The van der Waals surface area contributed by atoms with Crippen molar-refractivity contribution in [1.82, 2.24) is 9.97 Å². The van der Waals surface area contributed by atoms with Crippen LogP contribution >= 0.6 is 0 Å². The number of urea groups is 1. The van der Waals surface area contributed by atoms with Gasteiger partial charge in [-0.3, -0.25) is 0 Å². The van der Waals surface area contributed by atoms with Crippen LogP contribution in [0.1, 0.15) is 11.1 Å². The van der Waals surface area contributed by atoms with Gasteiger partial charge in [0, 0.05) is 11.4 Å². The molecule has 0 radical (unpaired) electrons. The highest BCUT2D eigenvalue weighted by Crippen LogP contribution is 2.18. The minimum atomic E-state index is -0.329. The van der Waals surface area contributed by atoms with Crippen LogP contribution < -0.4 is 16.3 Å². The van der Waals surface area contributed by atoms with Gasteiger partial charge in [0.15, 0.2) is 0 Å². The SMILES string of the molecule is Cc1ccc(NC(=O)Nc2ccc3[nH]c(=O)[nH]c3c2)c(C)c1. The molecule has 2 aromatic carbocycles. The minimum absolute atomic E-state index is 0.271. The van der Waals surface area contributed by atoms with Gasteiger partial charge < -0.3 is 20.6 Å². The molecule has 1 aromatic heterocycles. The summed E-state index contributed by atoms with van der Waals surface area (Å²) < 4.78 is 0. The molecular weight excluding hydrogens is 280 g/mol. The third kappa shape index (κ3) is 2.85. The fourth-order valence-corrected chi connectivity index (χ4v) is 2.35. The number of amides is 2. The van der Waals surface area contributed by atoms with Crippen molar-refractivity contribution in [3.05, 3.63) is 58.0 Å². The molecule has 6 heteroatoms. The Bertz CT molecular complexity index is 908. The predicted molar refractivity (Wildman–Crippen MR) is 87.5 cm³/mol. The van der Waals surface area contributed by atoms with E-state index in [0.29, 0.717) is 16.7 Å². The van der Waals surface area contributed by atoms with Gasteiger partial charge in [0.1, 0.15) is 0 Å². The fourth-order valence-electron chi connectivity index (χ4n) is 2.35. The number of nitrogens with one attached hydrogen (secondary N) is 4. The number of H-pyrrole nitrogens is 2. The number of benzene rings is 2. The Hall–Kier alpha value is -3.02. The Morgan fingerprint density at radius 3 is 2.50 bits per heavy atom. The highest BCUT2D eigenvalue weighted by molar-refractivity contribution is 6.01. The number of aromatic nitrogens is 2. The lowest BCUT2D eigenvalue weighted by molar-refractivity contribution is 0.262. The van der Waals surface area contributed by atoms with Crippen LogP contribution in [0.2, 0.25) is 0 Å². The Labute approximate surface area is 126 Å². The van der Waals surface area contributed by atoms with E-state index in [-0.39, 0.29) is 11.7 Å². The zero-order chi connectivity index (χ0) is 15.7. The van der Waals surface area contributed by atoms with Gasteiger partial charge in [-0.25, -0.2) is 9.59 Å². The molecule has 3 aromatic rings. The van der Waals surface area contributed by atoms with Crippen LogP contribution in [0.5, 0.6) is 0 Å². The van der Waals surface area contributed by atoms with Gasteiger partial charge >= 0.3 is 11.7 Å². The summed E-state index contributed by atoms with van der Waals surface area (Å²) in [5.41, 5.74) is 4.58. The lowest BCUT2D eigenvalue weighted by atomic mass is 10.1. The average molecular weight is 296 g/mol. The van der Waals surface area contributed by atoms with Gasteiger partial charge in [-0.15, -0.1) is 0 Å². The highest BCUT2D eigenvalue weighted by Gasteiger charge is 2.06. The molecule has 0 unspecified atom stereocenters. The minimum Gasteiger partial charge on any atom is -0.308 e. The van der Waals surface area contributed by atoms with Gasteiger partial charge in [-0.2, -0.15) is 0 Å². The molecule has 0 saturated heterocycles. The molecule has 0 aliphatic heterocycles. The molecule has 22 heavy (non-hydrogen) atoms. The van der Waals surface area contributed by atoms with Crippen LogP contribution in [-0.4, -0.2) is 16.0 Å². The smallest absolute Gasteiger partial charge is 0.308 e. The topological polar surface area (TPSA) is 89.8 Å². The molecule has 0 aliphatic rings. The summed E-state index contributed by atoms with van der Waals surface area (Å²) in [5, 5.41) is 5.56. The van der Waals surface area contributed by atoms with Crippen molar-refractivity contribution < 1.29 is 4.79 Å². The van der Waals surface area contributed by atoms with E-state index in [1.807, 2.05) is 32.0 Å². The van der Waals surface area contributed by atoms with Gasteiger partial charge in [0.25, 0.3) is 0 Å². The van der Waals surface area contributed by atoms with Crippen molar-refractivity contribution in [3.8, 4) is 0 Å². The number of imidazole rings is 1. The third-order valence-electron chi connectivity index (χ3n) is 3.40. The summed E-state index contributed by atoms with van der Waals surface area (Å²) in [6.07, 6.45) is 0. The summed E-state index contributed by atoms with van der Waals surface area (Å²) >= 11 is 0. The van der Waals surface area contributed by atoms with Crippen LogP contribution in [0.4, 0.5) is 16.2 Å². The number of aromatic amines is 2. The molecule has 4 N–H and O–H groups in total. The summed E-state index contributed by atoms with van der Waals surface area (Å²) in [6, 6.07) is 10.7. The maximum absolute atomic E-state index is 12.1. The predicted octanol–water partition coefficient (Wildman–Crippen LogP) is 3.12. The quantitative estimate of drug-likeness (QED) is 0.585. The van der Waals surface area contributed by atoms with Crippen LogP contribution in [0.25, 0.3) is 11.0 Å². The van der Waals surface area contributed by atoms with Gasteiger partial charge in [0.2, 0.25) is 0 Å². The first-order valence-corrected chi connectivity index (χ1v) is 6.88. The Kier molecular flexibility index (Phi) is 3.42. The number of carbonyl (C=O) groups excluding carboxylic acids is 1. The molecule has 2 amide bonds. The van der Waals surface area contributed by atoms with Crippen molar-refractivity contribution in [3.63, 3.8) is 0 Å². The number of hydrogen-bond acceptors (Lipinski definition) is 2. The third-order valence-corrected chi connectivity index (χ3v) is 3.40. The first kappa shape index (κ1) is 13.9. The first-order valence-electron chi connectivity index (χ1n) is 6.88. The van der Waals surface area contributed by atoms with Crippen molar-refractivity contribution in [2.75, 3.05) is 10.6 Å². The van der Waals surface area contributed by atoms with Gasteiger partial charge in [0.05, 0.1) is 11.0 Å². The van der Waals surface area contributed by atoms with Crippen LogP contribution in [-0.2, 0) is 0 Å². The maximum Gasteiger partial charge on any atom is 0.323 e.